The van der Waals surface area contributed by atoms with E-state index in [2.05, 4.69) is 5.32 Å². The number of amides is 1. The van der Waals surface area contributed by atoms with Crippen LogP contribution in [0.25, 0.3) is 6.08 Å². The van der Waals surface area contributed by atoms with Crippen LogP contribution in [-0.2, 0) is 11.4 Å². The van der Waals surface area contributed by atoms with E-state index in [1.807, 2.05) is 30.3 Å². The van der Waals surface area contributed by atoms with Crippen molar-refractivity contribution in [2.75, 3.05) is 26.6 Å². The molecule has 160 valence electrons. The van der Waals surface area contributed by atoms with Gasteiger partial charge in [0.2, 0.25) is 11.7 Å². The number of methoxy groups -OCH3 is 3. The largest absolute Gasteiger partial charge is 0.497 e. The van der Waals surface area contributed by atoms with Gasteiger partial charge in [-0.15, -0.1) is 0 Å². The molecule has 0 aromatic heterocycles. The predicted octanol–water partition coefficient (Wildman–Crippen LogP) is 4.94. The summed E-state index contributed by atoms with van der Waals surface area (Å²) in [6, 6.07) is 20.5. The number of rotatable bonds is 9. The van der Waals surface area contributed by atoms with Gasteiger partial charge in [-0.2, -0.15) is 0 Å². The lowest BCUT2D eigenvalue weighted by atomic mass is 10.1. The molecule has 0 spiro atoms. The highest BCUT2D eigenvalue weighted by Gasteiger charge is 2.14. The minimum absolute atomic E-state index is 0.257. The first kappa shape index (κ1) is 21.8. The van der Waals surface area contributed by atoms with Crippen LogP contribution in [0.5, 0.6) is 23.0 Å². The summed E-state index contributed by atoms with van der Waals surface area (Å²) < 4.78 is 22.0. The third kappa shape index (κ3) is 6.02. The average Bonchev–Trinajstić information content (AvgIpc) is 2.82. The molecule has 1 N–H and O–H groups in total. The zero-order valence-electron chi connectivity index (χ0n) is 17.8. The molecule has 0 atom stereocenters. The molecule has 0 unspecified atom stereocenters. The zero-order chi connectivity index (χ0) is 22.1. The fourth-order valence-electron chi connectivity index (χ4n) is 2.90. The topological polar surface area (TPSA) is 66.0 Å². The van der Waals surface area contributed by atoms with Gasteiger partial charge < -0.3 is 24.3 Å². The van der Waals surface area contributed by atoms with Crippen LogP contribution in [0.1, 0.15) is 11.1 Å². The van der Waals surface area contributed by atoms with E-state index in [9.17, 15) is 4.79 Å². The monoisotopic (exact) mass is 419 g/mol. The van der Waals surface area contributed by atoms with Crippen molar-refractivity contribution in [1.82, 2.24) is 0 Å². The minimum atomic E-state index is -0.257. The molecular weight excluding hydrogens is 394 g/mol. The van der Waals surface area contributed by atoms with E-state index in [1.54, 1.807) is 63.8 Å². The molecule has 0 aliphatic heterocycles. The van der Waals surface area contributed by atoms with Gasteiger partial charge in [-0.25, -0.2) is 0 Å². The summed E-state index contributed by atoms with van der Waals surface area (Å²) in [5, 5.41) is 2.80. The van der Waals surface area contributed by atoms with Crippen molar-refractivity contribution in [1.29, 1.82) is 0 Å². The van der Waals surface area contributed by atoms with E-state index < -0.39 is 0 Å². The van der Waals surface area contributed by atoms with Crippen molar-refractivity contribution >= 4 is 17.7 Å². The van der Waals surface area contributed by atoms with Crippen LogP contribution in [0.4, 0.5) is 5.69 Å². The van der Waals surface area contributed by atoms with Crippen LogP contribution < -0.4 is 24.3 Å². The SMILES string of the molecule is COc1ccc(NC(=O)/C=C/c2cc(OC)c(OCc3ccccc3)c(OC)c2)cc1. The van der Waals surface area contributed by atoms with Crippen LogP contribution in [-0.4, -0.2) is 27.2 Å². The van der Waals surface area contributed by atoms with Crippen molar-refractivity contribution in [3.63, 3.8) is 0 Å². The van der Waals surface area contributed by atoms with Crippen LogP contribution in [0.3, 0.4) is 0 Å². The molecular formula is C25H25NO5. The molecule has 6 nitrogen and oxygen atoms in total. The quantitative estimate of drug-likeness (QED) is 0.498. The molecule has 0 saturated heterocycles. The zero-order valence-corrected chi connectivity index (χ0v) is 17.8. The molecule has 0 saturated carbocycles. The highest BCUT2D eigenvalue weighted by molar-refractivity contribution is 6.02. The first-order valence-corrected chi connectivity index (χ1v) is 9.69. The Balaban J connectivity index is 1.72. The van der Waals surface area contributed by atoms with Crippen molar-refractivity contribution in [3.8, 4) is 23.0 Å². The first-order chi connectivity index (χ1) is 15.1. The van der Waals surface area contributed by atoms with Gasteiger partial charge in [0.05, 0.1) is 21.3 Å². The molecule has 0 bridgehead atoms. The minimum Gasteiger partial charge on any atom is -0.497 e. The Hall–Kier alpha value is -3.93. The van der Waals surface area contributed by atoms with Crippen molar-refractivity contribution in [3.05, 3.63) is 83.9 Å². The number of ether oxygens (including phenoxy) is 4. The lowest BCUT2D eigenvalue weighted by Gasteiger charge is -2.15. The highest BCUT2D eigenvalue weighted by Crippen LogP contribution is 2.39. The Morgan fingerprint density at radius 1 is 0.871 bits per heavy atom. The summed E-state index contributed by atoms with van der Waals surface area (Å²) in [5.41, 5.74) is 2.45. The molecule has 3 rings (SSSR count). The molecule has 1 amide bonds. The van der Waals surface area contributed by atoms with Gasteiger partial charge in [0.15, 0.2) is 11.5 Å². The Bertz CT molecular complexity index is 1000. The number of benzene rings is 3. The number of hydrogen-bond donors (Lipinski definition) is 1. The van der Waals surface area contributed by atoms with E-state index in [-0.39, 0.29) is 5.91 Å². The standard InChI is InChI=1S/C25H25NO5/c1-28-21-12-10-20(11-13-21)26-24(27)14-9-19-15-22(29-2)25(23(16-19)30-3)31-17-18-7-5-4-6-8-18/h4-16H,17H2,1-3H3,(H,26,27)/b14-9+. The van der Waals surface area contributed by atoms with Crippen LogP contribution in [0.15, 0.2) is 72.8 Å². The molecule has 0 aliphatic carbocycles. The Morgan fingerprint density at radius 3 is 2.10 bits per heavy atom. The second kappa shape index (κ2) is 10.7. The summed E-state index contributed by atoms with van der Waals surface area (Å²) in [6.45, 7) is 0.382. The van der Waals surface area contributed by atoms with Crippen molar-refractivity contribution in [2.45, 2.75) is 6.61 Å². The van der Waals surface area contributed by atoms with E-state index in [0.29, 0.717) is 29.5 Å². The normalized spacial score (nSPS) is 10.5. The van der Waals surface area contributed by atoms with Crippen LogP contribution in [0.2, 0.25) is 0 Å². The molecule has 0 aliphatic rings. The van der Waals surface area contributed by atoms with Gasteiger partial charge in [-0.3, -0.25) is 4.79 Å². The predicted molar refractivity (Wildman–Crippen MR) is 121 cm³/mol. The molecule has 0 fully saturated rings. The van der Waals surface area contributed by atoms with E-state index in [4.69, 9.17) is 18.9 Å². The maximum atomic E-state index is 12.3. The molecule has 3 aromatic carbocycles. The van der Waals surface area contributed by atoms with E-state index >= 15 is 0 Å². The summed E-state index contributed by atoms with van der Waals surface area (Å²) >= 11 is 0. The van der Waals surface area contributed by atoms with Crippen molar-refractivity contribution < 1.29 is 23.7 Å². The van der Waals surface area contributed by atoms with Crippen LogP contribution >= 0.6 is 0 Å². The Kier molecular flexibility index (Phi) is 7.54. The van der Waals surface area contributed by atoms with Crippen LogP contribution in [0, 0.1) is 0 Å². The van der Waals surface area contributed by atoms with E-state index in [1.165, 1.54) is 6.08 Å². The third-order valence-corrected chi connectivity index (χ3v) is 4.49. The van der Waals surface area contributed by atoms with Gasteiger partial charge in [-0.1, -0.05) is 30.3 Å². The van der Waals surface area contributed by atoms with Gasteiger partial charge in [0, 0.05) is 11.8 Å². The Labute approximate surface area is 182 Å². The smallest absolute Gasteiger partial charge is 0.248 e. The lowest BCUT2D eigenvalue weighted by Crippen LogP contribution is -2.07. The fourth-order valence-corrected chi connectivity index (χ4v) is 2.90. The number of hydrogen-bond acceptors (Lipinski definition) is 5. The third-order valence-electron chi connectivity index (χ3n) is 4.49. The molecule has 0 heterocycles. The number of carbonyl (C=O) groups excluding carboxylic acids is 1. The average molecular weight is 419 g/mol. The number of nitrogens with one attached hydrogen (secondary N) is 1. The van der Waals surface area contributed by atoms with Gasteiger partial charge >= 0.3 is 0 Å². The molecule has 0 radical (unpaired) electrons. The molecule has 3 aromatic rings. The number of anilines is 1. The van der Waals surface area contributed by atoms with E-state index in [0.717, 1.165) is 16.9 Å². The molecule has 31 heavy (non-hydrogen) atoms. The van der Waals surface area contributed by atoms with Gasteiger partial charge in [-0.05, 0) is 53.6 Å². The Morgan fingerprint density at radius 2 is 1.52 bits per heavy atom. The lowest BCUT2D eigenvalue weighted by molar-refractivity contribution is -0.111. The first-order valence-electron chi connectivity index (χ1n) is 9.69. The maximum Gasteiger partial charge on any atom is 0.248 e. The van der Waals surface area contributed by atoms with Crippen molar-refractivity contribution in [2.24, 2.45) is 0 Å². The summed E-state index contributed by atoms with van der Waals surface area (Å²) in [7, 11) is 4.72. The summed E-state index contributed by atoms with van der Waals surface area (Å²) in [4.78, 5) is 12.3. The second-order valence-corrected chi connectivity index (χ2v) is 6.58. The molecule has 6 heteroatoms. The maximum absolute atomic E-state index is 12.3. The fraction of sp³-hybridized carbons (Fsp3) is 0.160. The second-order valence-electron chi connectivity index (χ2n) is 6.58. The number of carbonyl (C=O) groups is 1. The summed E-state index contributed by atoms with van der Waals surface area (Å²) in [5.74, 6) is 2.01. The van der Waals surface area contributed by atoms with Gasteiger partial charge in [0.25, 0.3) is 0 Å². The highest BCUT2D eigenvalue weighted by atomic mass is 16.5. The summed E-state index contributed by atoms with van der Waals surface area (Å²) in [6.07, 6.45) is 3.13. The van der Waals surface area contributed by atoms with Gasteiger partial charge in [0.1, 0.15) is 12.4 Å².